The largest absolute Gasteiger partial charge is 0.507 e. The fourth-order valence-corrected chi connectivity index (χ4v) is 3.74. The van der Waals surface area contributed by atoms with Gasteiger partial charge in [-0.1, -0.05) is 30.7 Å². The van der Waals surface area contributed by atoms with Crippen LogP contribution in [0.1, 0.15) is 37.3 Å². The molecule has 1 fully saturated rings. The number of nitrogens with one attached hydrogen (secondary N) is 1. The molecule has 0 unspecified atom stereocenters. The van der Waals surface area contributed by atoms with Crippen molar-refractivity contribution in [2.24, 2.45) is 5.10 Å². The second-order valence-corrected chi connectivity index (χ2v) is 7.50. The molecule has 6 nitrogen and oxygen atoms in total. The molecule has 1 aromatic heterocycles. The minimum Gasteiger partial charge on any atom is -0.507 e. The summed E-state index contributed by atoms with van der Waals surface area (Å²) in [6.07, 6.45) is 3.72. The lowest BCUT2D eigenvalue weighted by Gasteiger charge is -2.26. The Balaban J connectivity index is 1.57. The quantitative estimate of drug-likeness (QED) is 0.442. The van der Waals surface area contributed by atoms with Crippen LogP contribution in [0.4, 0.5) is 5.82 Å². The van der Waals surface area contributed by atoms with Gasteiger partial charge in [-0.05, 0) is 57.1 Å². The highest BCUT2D eigenvalue weighted by molar-refractivity contribution is 6.01. The Hall–Kier alpha value is -3.12. The first-order valence-electron chi connectivity index (χ1n) is 10.0. The maximum Gasteiger partial charge on any atom is 0.147 e. The molecule has 0 aliphatic carbocycles. The average Bonchev–Trinajstić information content (AvgIpc) is 2.75. The molecule has 0 spiro atoms. The number of anilines is 1. The predicted molar refractivity (Wildman–Crippen MR) is 116 cm³/mol. The van der Waals surface area contributed by atoms with Crippen LogP contribution in [0.2, 0.25) is 0 Å². The Bertz CT molecular complexity index is 1040. The summed E-state index contributed by atoms with van der Waals surface area (Å²) in [7, 11) is 0. The van der Waals surface area contributed by atoms with Crippen LogP contribution in [0.15, 0.2) is 53.6 Å². The second-order valence-electron chi connectivity index (χ2n) is 7.50. The minimum atomic E-state index is 0.182. The summed E-state index contributed by atoms with van der Waals surface area (Å²) in [4.78, 5) is 6.95. The highest BCUT2D eigenvalue weighted by atomic mass is 16.3. The maximum absolute atomic E-state index is 10.8. The Morgan fingerprint density at radius 2 is 1.79 bits per heavy atom. The third-order valence-electron chi connectivity index (χ3n) is 5.39. The van der Waals surface area contributed by atoms with E-state index in [0.717, 1.165) is 30.6 Å². The van der Waals surface area contributed by atoms with E-state index in [-0.39, 0.29) is 11.5 Å². The number of hydrazone groups is 1. The number of aromatic nitrogens is 1. The SMILES string of the molecule is C/C(=N\Nc1ccc2ccc(CN3CCCCC3)c(O)c2n1)c1ccccc1O. The van der Waals surface area contributed by atoms with Crippen LogP contribution < -0.4 is 5.43 Å². The van der Waals surface area contributed by atoms with Crippen LogP contribution in [-0.4, -0.2) is 38.9 Å². The second kappa shape index (κ2) is 8.49. The van der Waals surface area contributed by atoms with Gasteiger partial charge in [0.15, 0.2) is 0 Å². The summed E-state index contributed by atoms with van der Waals surface area (Å²) in [5, 5.41) is 26.0. The van der Waals surface area contributed by atoms with Crippen molar-refractivity contribution in [2.75, 3.05) is 18.5 Å². The van der Waals surface area contributed by atoms with Gasteiger partial charge in [-0.2, -0.15) is 5.10 Å². The van der Waals surface area contributed by atoms with Crippen LogP contribution in [-0.2, 0) is 6.54 Å². The number of para-hydroxylation sites is 1. The van der Waals surface area contributed by atoms with Gasteiger partial charge in [0.25, 0.3) is 0 Å². The Morgan fingerprint density at radius 1 is 1.03 bits per heavy atom. The highest BCUT2D eigenvalue weighted by Gasteiger charge is 2.15. The number of fused-ring (bicyclic) bond motifs is 1. The van der Waals surface area contributed by atoms with Crippen LogP contribution in [0, 0.1) is 0 Å². The molecule has 29 heavy (non-hydrogen) atoms. The van der Waals surface area contributed by atoms with E-state index in [0.29, 0.717) is 22.6 Å². The summed E-state index contributed by atoms with van der Waals surface area (Å²) < 4.78 is 0. The number of piperidine rings is 1. The van der Waals surface area contributed by atoms with Gasteiger partial charge in [-0.3, -0.25) is 10.3 Å². The maximum atomic E-state index is 10.8. The molecule has 6 heteroatoms. The topological polar surface area (TPSA) is 81.0 Å². The predicted octanol–water partition coefficient (Wildman–Crippen LogP) is 4.47. The van der Waals surface area contributed by atoms with Crippen molar-refractivity contribution in [3.05, 3.63) is 59.7 Å². The summed E-state index contributed by atoms with van der Waals surface area (Å²) in [6.45, 7) is 4.71. The monoisotopic (exact) mass is 390 g/mol. The van der Waals surface area contributed by atoms with E-state index in [2.05, 4.69) is 20.4 Å². The van der Waals surface area contributed by atoms with Crippen molar-refractivity contribution in [1.82, 2.24) is 9.88 Å². The van der Waals surface area contributed by atoms with Crippen LogP contribution in [0.3, 0.4) is 0 Å². The van der Waals surface area contributed by atoms with Gasteiger partial charge in [0.05, 0.1) is 5.71 Å². The first-order valence-corrected chi connectivity index (χ1v) is 10.0. The van der Waals surface area contributed by atoms with Crippen molar-refractivity contribution >= 4 is 22.4 Å². The number of rotatable bonds is 5. The lowest BCUT2D eigenvalue weighted by atomic mass is 10.1. The van der Waals surface area contributed by atoms with Crippen molar-refractivity contribution in [1.29, 1.82) is 0 Å². The van der Waals surface area contributed by atoms with E-state index in [1.807, 2.05) is 43.3 Å². The lowest BCUT2D eigenvalue weighted by molar-refractivity contribution is 0.218. The van der Waals surface area contributed by atoms with Crippen molar-refractivity contribution in [3.63, 3.8) is 0 Å². The number of benzene rings is 2. The number of phenolic OH excluding ortho intramolecular Hbond substituents is 2. The molecule has 0 saturated carbocycles. The van der Waals surface area contributed by atoms with Gasteiger partial charge in [0.2, 0.25) is 0 Å². The van der Waals surface area contributed by atoms with Gasteiger partial charge in [-0.25, -0.2) is 4.98 Å². The third-order valence-corrected chi connectivity index (χ3v) is 5.39. The van der Waals surface area contributed by atoms with Gasteiger partial charge >= 0.3 is 0 Å². The van der Waals surface area contributed by atoms with E-state index in [4.69, 9.17) is 0 Å². The van der Waals surface area contributed by atoms with Crippen molar-refractivity contribution in [2.45, 2.75) is 32.7 Å². The number of likely N-dealkylation sites (tertiary alicyclic amines) is 1. The van der Waals surface area contributed by atoms with E-state index < -0.39 is 0 Å². The van der Waals surface area contributed by atoms with E-state index in [1.54, 1.807) is 12.1 Å². The first kappa shape index (κ1) is 19.2. The summed E-state index contributed by atoms with van der Waals surface area (Å²) in [6, 6.07) is 14.8. The van der Waals surface area contributed by atoms with Crippen molar-refractivity contribution in [3.8, 4) is 11.5 Å². The number of nitrogens with zero attached hydrogens (tertiary/aromatic N) is 3. The Morgan fingerprint density at radius 3 is 2.59 bits per heavy atom. The van der Waals surface area contributed by atoms with E-state index in [9.17, 15) is 10.2 Å². The van der Waals surface area contributed by atoms with Gasteiger partial charge in [0.1, 0.15) is 22.8 Å². The Labute approximate surface area is 170 Å². The van der Waals surface area contributed by atoms with Gasteiger partial charge < -0.3 is 10.2 Å². The number of pyridine rings is 1. The van der Waals surface area contributed by atoms with Gasteiger partial charge in [-0.15, -0.1) is 0 Å². The zero-order chi connectivity index (χ0) is 20.2. The molecule has 4 rings (SSSR count). The van der Waals surface area contributed by atoms with Crippen LogP contribution >= 0.6 is 0 Å². The molecule has 1 saturated heterocycles. The fraction of sp³-hybridized carbons (Fsp3) is 0.304. The number of hydrogen-bond donors (Lipinski definition) is 3. The third kappa shape index (κ3) is 4.32. The summed E-state index contributed by atoms with van der Waals surface area (Å²) in [5.41, 5.74) is 5.71. The molecule has 0 radical (unpaired) electrons. The standard InChI is InChI=1S/C23H26N4O2/c1-16(19-7-3-4-8-20(19)28)25-26-21-12-11-17-9-10-18(23(29)22(17)24-21)15-27-13-5-2-6-14-27/h3-4,7-12,28-29H,2,5-6,13-15H2,1H3,(H,24,26)/b25-16+. The molecule has 3 aromatic rings. The molecule has 2 heterocycles. The Kier molecular flexibility index (Phi) is 5.62. The molecule has 1 aliphatic heterocycles. The fourth-order valence-electron chi connectivity index (χ4n) is 3.74. The summed E-state index contributed by atoms with van der Waals surface area (Å²) >= 11 is 0. The summed E-state index contributed by atoms with van der Waals surface area (Å²) in [5.74, 6) is 0.956. The molecule has 0 amide bonds. The average molecular weight is 390 g/mol. The molecule has 150 valence electrons. The smallest absolute Gasteiger partial charge is 0.147 e. The molecule has 1 aliphatic rings. The minimum absolute atomic E-state index is 0.182. The lowest BCUT2D eigenvalue weighted by Crippen LogP contribution is -2.29. The van der Waals surface area contributed by atoms with Crippen LogP contribution in [0.5, 0.6) is 11.5 Å². The zero-order valence-electron chi connectivity index (χ0n) is 16.6. The highest BCUT2D eigenvalue weighted by Crippen LogP contribution is 2.30. The molecule has 2 aromatic carbocycles. The van der Waals surface area contributed by atoms with Crippen LogP contribution in [0.25, 0.3) is 10.9 Å². The van der Waals surface area contributed by atoms with Crippen molar-refractivity contribution < 1.29 is 10.2 Å². The number of hydrogen-bond acceptors (Lipinski definition) is 6. The first-order chi connectivity index (χ1) is 14.1. The number of aromatic hydroxyl groups is 2. The zero-order valence-corrected chi connectivity index (χ0v) is 16.6. The van der Waals surface area contributed by atoms with E-state index >= 15 is 0 Å². The molecule has 0 bridgehead atoms. The molecule has 0 atom stereocenters. The number of phenols is 2. The molecular weight excluding hydrogens is 364 g/mol. The van der Waals surface area contributed by atoms with Gasteiger partial charge in [0, 0.05) is 23.1 Å². The normalized spacial score (nSPS) is 15.6. The van der Waals surface area contributed by atoms with E-state index in [1.165, 1.54) is 19.3 Å². The molecular formula is C23H26N4O2. The molecule has 3 N–H and O–H groups in total.